The van der Waals surface area contributed by atoms with E-state index >= 15 is 0 Å². The summed E-state index contributed by atoms with van der Waals surface area (Å²) in [5.41, 5.74) is 4.35. The Morgan fingerprint density at radius 2 is 1.94 bits per heavy atom. The molecule has 0 spiro atoms. The first-order valence-electron chi connectivity index (χ1n) is 12.2. The van der Waals surface area contributed by atoms with Crippen LogP contribution in [0.15, 0.2) is 18.7 Å². The maximum absolute atomic E-state index is 12.7. The van der Waals surface area contributed by atoms with E-state index in [1.165, 1.54) is 12.8 Å². The zero-order chi connectivity index (χ0) is 23.0. The van der Waals surface area contributed by atoms with Crippen LogP contribution in [0.1, 0.15) is 77.1 Å². The number of carbonyl (C=O) groups excluding carboxylic acids is 1. The molecule has 1 aromatic carbocycles. The Bertz CT molecular complexity index is 986. The zero-order valence-corrected chi connectivity index (χ0v) is 20.5. The molecule has 5 nitrogen and oxygen atoms in total. The van der Waals surface area contributed by atoms with Gasteiger partial charge in [0.1, 0.15) is 22.9 Å². The number of methoxy groups -OCH3 is 1. The molecule has 4 rings (SSSR count). The van der Waals surface area contributed by atoms with Crippen molar-refractivity contribution < 1.29 is 9.53 Å². The number of ketones is 1. The predicted molar refractivity (Wildman–Crippen MR) is 131 cm³/mol. The van der Waals surface area contributed by atoms with Gasteiger partial charge in [0.2, 0.25) is 0 Å². The minimum atomic E-state index is 0.303. The molecule has 32 heavy (non-hydrogen) atoms. The number of hydrogen-bond donors (Lipinski definition) is 1. The van der Waals surface area contributed by atoms with E-state index in [1.54, 1.807) is 7.11 Å². The molecule has 0 radical (unpaired) electrons. The molecule has 2 bridgehead atoms. The van der Waals surface area contributed by atoms with Gasteiger partial charge < -0.3 is 9.72 Å². The average Bonchev–Trinajstić information content (AvgIpc) is 3.23. The minimum Gasteiger partial charge on any atom is -0.494 e. The van der Waals surface area contributed by atoms with Crippen molar-refractivity contribution in [2.24, 2.45) is 11.3 Å². The van der Waals surface area contributed by atoms with E-state index in [9.17, 15) is 4.79 Å². The van der Waals surface area contributed by atoms with Crippen LogP contribution in [0.4, 0.5) is 0 Å². The molecule has 174 valence electrons. The number of benzene rings is 1. The lowest BCUT2D eigenvalue weighted by molar-refractivity contribution is -0.121. The molecule has 1 aromatic heterocycles. The van der Waals surface area contributed by atoms with Crippen LogP contribution in [0, 0.1) is 18.3 Å². The molecule has 1 N–H and O–H groups in total. The van der Waals surface area contributed by atoms with Crippen molar-refractivity contribution in [2.75, 3.05) is 13.7 Å². The van der Waals surface area contributed by atoms with Crippen LogP contribution >= 0.6 is 0 Å². The van der Waals surface area contributed by atoms with Gasteiger partial charge in [-0.3, -0.25) is 9.69 Å². The summed E-state index contributed by atoms with van der Waals surface area (Å²) in [4.78, 5) is 23.5. The number of aromatic amines is 1. The molecule has 5 heteroatoms. The van der Waals surface area contributed by atoms with Gasteiger partial charge in [0, 0.05) is 18.5 Å². The summed E-state index contributed by atoms with van der Waals surface area (Å²) in [6, 6.07) is 5.10. The third-order valence-electron chi connectivity index (χ3n) is 7.43. The number of aryl methyl sites for hydroxylation is 1. The van der Waals surface area contributed by atoms with Gasteiger partial charge in [-0.05, 0) is 74.0 Å². The number of nitrogens with zero attached hydrogens (tertiary/aromatic N) is 2. The Morgan fingerprint density at radius 3 is 2.56 bits per heavy atom. The molecule has 3 heterocycles. The summed E-state index contributed by atoms with van der Waals surface area (Å²) in [7, 11) is 1.70. The predicted octanol–water partition coefficient (Wildman–Crippen LogP) is 5.92. The largest absolute Gasteiger partial charge is 0.494 e. The number of H-pyrrole nitrogens is 1. The molecular weight excluding hydrogens is 398 g/mol. The Hall–Kier alpha value is -2.14. The maximum Gasteiger partial charge on any atom is 0.149 e. The number of hydrogen-bond acceptors (Lipinski definition) is 4. The van der Waals surface area contributed by atoms with E-state index in [4.69, 9.17) is 9.72 Å². The Balaban J connectivity index is 1.39. The number of ether oxygens (including phenoxy) is 1. The van der Waals surface area contributed by atoms with Gasteiger partial charge in [0.05, 0.1) is 19.2 Å². The maximum atomic E-state index is 12.7. The lowest BCUT2D eigenvalue weighted by atomic mass is 9.84. The van der Waals surface area contributed by atoms with Crippen LogP contribution in [0.25, 0.3) is 16.6 Å². The second-order valence-corrected chi connectivity index (χ2v) is 11.1. The molecule has 2 saturated heterocycles. The van der Waals surface area contributed by atoms with Gasteiger partial charge in [0.15, 0.2) is 0 Å². The highest BCUT2D eigenvalue weighted by Crippen LogP contribution is 2.43. The Kier molecular flexibility index (Phi) is 6.49. The van der Waals surface area contributed by atoms with Gasteiger partial charge in [-0.15, -0.1) is 0 Å². The number of Topliss-reactive ketones (excluding diaryl/α,β-unsaturated/α-hetero) is 1. The van der Waals surface area contributed by atoms with Crippen molar-refractivity contribution in [3.8, 4) is 5.75 Å². The lowest BCUT2D eigenvalue weighted by Crippen LogP contribution is -2.45. The second-order valence-electron chi connectivity index (χ2n) is 11.1. The van der Waals surface area contributed by atoms with Gasteiger partial charge in [-0.2, -0.15) is 0 Å². The van der Waals surface area contributed by atoms with Crippen molar-refractivity contribution in [2.45, 2.75) is 84.7 Å². The molecule has 2 aromatic rings. The third kappa shape index (κ3) is 4.78. The van der Waals surface area contributed by atoms with Crippen LogP contribution in [-0.2, 0) is 4.79 Å². The van der Waals surface area contributed by atoms with Crippen molar-refractivity contribution in [1.82, 2.24) is 14.9 Å². The number of allylic oxidation sites excluding steroid dienone is 1. The molecular formula is C27H39N3O2. The van der Waals surface area contributed by atoms with E-state index in [0.717, 1.165) is 59.4 Å². The Labute approximate surface area is 192 Å². The SMILES string of the molecule is C=C(c1nc2c(OC)c(C)ccc2[nH]1)C1C[C@H]2CC[C@@H](C1)N2CC(=O)CCCC(C)(C)C. The highest BCUT2D eigenvalue weighted by molar-refractivity contribution is 5.85. The number of imidazole rings is 1. The summed E-state index contributed by atoms with van der Waals surface area (Å²) in [5.74, 6) is 2.52. The van der Waals surface area contributed by atoms with Gasteiger partial charge in [-0.1, -0.05) is 33.4 Å². The smallest absolute Gasteiger partial charge is 0.149 e. The normalized spacial score (nSPS) is 23.6. The molecule has 0 amide bonds. The summed E-state index contributed by atoms with van der Waals surface area (Å²) < 4.78 is 5.59. The first-order valence-corrected chi connectivity index (χ1v) is 12.2. The standard InChI is InChI=1S/C27H39N3O2/c1-17-9-12-23-24(25(17)32-6)29-26(28-23)18(2)19-14-20-10-11-21(15-19)30(20)16-22(31)8-7-13-27(3,4)5/h9,12,19-21H,2,7-8,10-11,13-16H2,1,3-6H3,(H,28,29)/t19?,20-,21+. The molecule has 2 fully saturated rings. The number of carbonyl (C=O) groups is 1. The average molecular weight is 438 g/mol. The first kappa shape index (κ1) is 23.0. The third-order valence-corrected chi connectivity index (χ3v) is 7.43. The zero-order valence-electron chi connectivity index (χ0n) is 20.5. The first-order chi connectivity index (χ1) is 15.2. The van der Waals surface area contributed by atoms with Crippen molar-refractivity contribution >= 4 is 22.4 Å². The number of fused-ring (bicyclic) bond motifs is 3. The van der Waals surface area contributed by atoms with Crippen LogP contribution in [-0.4, -0.2) is 46.4 Å². The second kappa shape index (κ2) is 9.01. The topological polar surface area (TPSA) is 58.2 Å². The number of piperidine rings is 1. The summed E-state index contributed by atoms with van der Waals surface area (Å²) >= 11 is 0. The highest BCUT2D eigenvalue weighted by Gasteiger charge is 2.42. The fourth-order valence-electron chi connectivity index (χ4n) is 5.67. The molecule has 2 aliphatic rings. The summed E-state index contributed by atoms with van der Waals surface area (Å²) in [6.07, 6.45) is 7.34. The highest BCUT2D eigenvalue weighted by atomic mass is 16.5. The van der Waals surface area contributed by atoms with Crippen LogP contribution < -0.4 is 4.74 Å². The Morgan fingerprint density at radius 1 is 1.25 bits per heavy atom. The van der Waals surface area contributed by atoms with E-state index in [-0.39, 0.29) is 0 Å². The van der Waals surface area contributed by atoms with Crippen molar-refractivity contribution in [1.29, 1.82) is 0 Å². The molecule has 3 atom stereocenters. The van der Waals surface area contributed by atoms with Crippen molar-refractivity contribution in [3.05, 3.63) is 30.1 Å². The van der Waals surface area contributed by atoms with Crippen LogP contribution in [0.2, 0.25) is 0 Å². The quantitative estimate of drug-likeness (QED) is 0.557. The molecule has 0 saturated carbocycles. The number of aromatic nitrogens is 2. The number of nitrogens with one attached hydrogen (secondary N) is 1. The fraction of sp³-hybridized carbons (Fsp3) is 0.630. The van der Waals surface area contributed by atoms with Crippen LogP contribution in [0.5, 0.6) is 5.75 Å². The lowest BCUT2D eigenvalue weighted by Gasteiger charge is -2.39. The van der Waals surface area contributed by atoms with Gasteiger partial charge in [-0.25, -0.2) is 4.98 Å². The fourth-order valence-corrected chi connectivity index (χ4v) is 5.67. The minimum absolute atomic E-state index is 0.303. The molecule has 1 unspecified atom stereocenters. The van der Waals surface area contributed by atoms with E-state index in [1.807, 2.05) is 6.92 Å². The van der Waals surface area contributed by atoms with E-state index in [2.05, 4.69) is 49.4 Å². The van der Waals surface area contributed by atoms with Crippen molar-refractivity contribution in [3.63, 3.8) is 0 Å². The van der Waals surface area contributed by atoms with Crippen LogP contribution in [0.3, 0.4) is 0 Å². The molecule has 2 aliphatic heterocycles. The van der Waals surface area contributed by atoms with Gasteiger partial charge in [0.25, 0.3) is 0 Å². The summed E-state index contributed by atoms with van der Waals surface area (Å²) in [6.45, 7) is 13.8. The van der Waals surface area contributed by atoms with E-state index < -0.39 is 0 Å². The monoisotopic (exact) mass is 437 g/mol. The summed E-state index contributed by atoms with van der Waals surface area (Å²) in [5, 5.41) is 0. The molecule has 0 aliphatic carbocycles. The van der Waals surface area contributed by atoms with E-state index in [0.29, 0.717) is 42.2 Å². The number of rotatable bonds is 8. The van der Waals surface area contributed by atoms with Gasteiger partial charge >= 0.3 is 0 Å².